The first kappa shape index (κ1) is 19.6. The maximum Gasteiger partial charge on any atom is 0.426 e. The number of unbranched alkanes of at least 4 members (excludes halogenated alkanes) is 1. The number of halogens is 3. The number of amides is 1. The van der Waals surface area contributed by atoms with Gasteiger partial charge in [0, 0.05) is 13.0 Å². The summed E-state index contributed by atoms with van der Waals surface area (Å²) in [7, 11) is 0. The van der Waals surface area contributed by atoms with Crippen LogP contribution in [0.2, 0.25) is 0 Å². The zero-order valence-electron chi connectivity index (χ0n) is 14.5. The van der Waals surface area contributed by atoms with Gasteiger partial charge >= 0.3 is 6.18 Å². The van der Waals surface area contributed by atoms with Crippen LogP contribution in [0.3, 0.4) is 0 Å². The van der Waals surface area contributed by atoms with Crippen LogP contribution in [0.4, 0.5) is 13.2 Å². The number of ether oxygens (including phenoxy) is 1. The highest BCUT2D eigenvalue weighted by atomic mass is 19.4. The highest BCUT2D eigenvalue weighted by Gasteiger charge is 2.62. The van der Waals surface area contributed by atoms with E-state index in [1.807, 2.05) is 6.92 Å². The fourth-order valence-corrected chi connectivity index (χ4v) is 2.87. The Morgan fingerprint density at radius 2 is 2.16 bits per heavy atom. The molecule has 0 bridgehead atoms. The van der Waals surface area contributed by atoms with Crippen molar-refractivity contribution in [2.24, 2.45) is 0 Å². The number of carbonyl (C=O) groups excluding carboxylic acids is 1. The zero-order chi connectivity index (χ0) is 18.5. The second kappa shape index (κ2) is 8.08. The summed E-state index contributed by atoms with van der Waals surface area (Å²) in [5, 5.41) is 2.33. The van der Waals surface area contributed by atoms with E-state index in [-0.39, 0.29) is 13.2 Å². The SMILES string of the molecule is CCCC=C1CCCOC(C(=O)NCc2ccc(C)o2)(C(F)(F)F)C1. The molecule has 1 atom stereocenters. The van der Waals surface area contributed by atoms with Crippen molar-refractivity contribution in [3.05, 3.63) is 35.3 Å². The number of aryl methyl sites for hydroxylation is 1. The number of hydrogen-bond donors (Lipinski definition) is 1. The monoisotopic (exact) mass is 359 g/mol. The van der Waals surface area contributed by atoms with Crippen LogP contribution >= 0.6 is 0 Å². The molecule has 0 saturated carbocycles. The minimum absolute atomic E-state index is 0.101. The van der Waals surface area contributed by atoms with Crippen LogP contribution in [0.15, 0.2) is 28.2 Å². The van der Waals surface area contributed by atoms with Gasteiger partial charge < -0.3 is 14.5 Å². The topological polar surface area (TPSA) is 51.5 Å². The molecular formula is C18H24F3NO3. The summed E-state index contributed by atoms with van der Waals surface area (Å²) in [6.45, 7) is 3.47. The lowest BCUT2D eigenvalue weighted by Gasteiger charge is -2.33. The fraction of sp³-hybridized carbons (Fsp3) is 0.611. The van der Waals surface area contributed by atoms with Crippen molar-refractivity contribution < 1.29 is 27.1 Å². The Morgan fingerprint density at radius 1 is 1.40 bits per heavy atom. The zero-order valence-corrected chi connectivity index (χ0v) is 14.5. The van der Waals surface area contributed by atoms with E-state index in [0.717, 1.165) is 6.42 Å². The third-order valence-electron chi connectivity index (χ3n) is 4.23. The Hall–Kier alpha value is -1.76. The van der Waals surface area contributed by atoms with E-state index in [4.69, 9.17) is 9.15 Å². The van der Waals surface area contributed by atoms with Crippen LogP contribution in [0.5, 0.6) is 0 Å². The first-order valence-electron chi connectivity index (χ1n) is 8.50. The third-order valence-corrected chi connectivity index (χ3v) is 4.23. The van der Waals surface area contributed by atoms with Gasteiger partial charge in [0.15, 0.2) is 0 Å². The maximum absolute atomic E-state index is 13.8. The van der Waals surface area contributed by atoms with E-state index in [2.05, 4.69) is 5.32 Å². The van der Waals surface area contributed by atoms with E-state index < -0.39 is 24.1 Å². The van der Waals surface area contributed by atoms with Crippen molar-refractivity contribution >= 4 is 5.91 Å². The second-order valence-electron chi connectivity index (χ2n) is 6.30. The molecule has 1 fully saturated rings. The molecule has 1 aromatic heterocycles. The van der Waals surface area contributed by atoms with E-state index in [9.17, 15) is 18.0 Å². The molecule has 1 aliphatic heterocycles. The van der Waals surface area contributed by atoms with Gasteiger partial charge in [0.1, 0.15) is 11.5 Å². The maximum atomic E-state index is 13.8. The molecule has 4 nitrogen and oxygen atoms in total. The molecule has 25 heavy (non-hydrogen) atoms. The van der Waals surface area contributed by atoms with E-state index in [1.54, 1.807) is 25.1 Å². The lowest BCUT2D eigenvalue weighted by Crippen LogP contribution is -2.58. The number of nitrogens with one attached hydrogen (secondary N) is 1. The van der Waals surface area contributed by atoms with Gasteiger partial charge in [-0.25, -0.2) is 0 Å². The average Bonchev–Trinajstić information content (AvgIpc) is 2.83. The Labute approximate surface area is 145 Å². The van der Waals surface area contributed by atoms with Crippen LogP contribution in [0.25, 0.3) is 0 Å². The molecular weight excluding hydrogens is 335 g/mol. The first-order chi connectivity index (χ1) is 11.8. The fourth-order valence-electron chi connectivity index (χ4n) is 2.87. The van der Waals surface area contributed by atoms with E-state index >= 15 is 0 Å². The third kappa shape index (κ3) is 4.66. The number of allylic oxidation sites excluding steroid dienone is 1. The number of alkyl halides is 3. The smallest absolute Gasteiger partial charge is 0.426 e. The number of hydrogen-bond acceptors (Lipinski definition) is 3. The second-order valence-corrected chi connectivity index (χ2v) is 6.30. The van der Waals surface area contributed by atoms with E-state index in [0.29, 0.717) is 36.4 Å². The molecule has 0 spiro atoms. The minimum atomic E-state index is -4.80. The lowest BCUT2D eigenvalue weighted by atomic mass is 9.90. The summed E-state index contributed by atoms with van der Waals surface area (Å²) in [6, 6.07) is 3.31. The van der Waals surface area contributed by atoms with Crippen LogP contribution in [0, 0.1) is 6.92 Å². The molecule has 1 amide bonds. The predicted molar refractivity (Wildman–Crippen MR) is 86.9 cm³/mol. The summed E-state index contributed by atoms with van der Waals surface area (Å²) in [4.78, 5) is 12.5. The largest absolute Gasteiger partial charge is 0.465 e. The van der Waals surface area contributed by atoms with Gasteiger partial charge in [-0.15, -0.1) is 0 Å². The van der Waals surface area contributed by atoms with Gasteiger partial charge in [-0.2, -0.15) is 13.2 Å². The van der Waals surface area contributed by atoms with Crippen molar-refractivity contribution in [3.63, 3.8) is 0 Å². The molecule has 2 heterocycles. The standard InChI is InChI=1S/C18H24F3NO3/c1-3-4-6-14-7-5-10-24-17(11-14,18(19,20)21)16(23)22-12-15-9-8-13(2)25-15/h6,8-9H,3-5,7,10-12H2,1-2H3,(H,22,23). The number of carbonyl (C=O) groups is 1. The number of furan rings is 1. The Balaban J connectivity index is 2.21. The molecule has 7 heteroatoms. The van der Waals surface area contributed by atoms with Gasteiger partial charge in [-0.3, -0.25) is 4.79 Å². The summed E-state index contributed by atoms with van der Waals surface area (Å²) < 4.78 is 51.9. The van der Waals surface area contributed by atoms with Crippen molar-refractivity contribution in [3.8, 4) is 0 Å². The normalized spacial score (nSPS) is 23.5. The van der Waals surface area contributed by atoms with Crippen molar-refractivity contribution in [2.45, 2.75) is 64.3 Å². The Bertz CT molecular complexity index is 621. The predicted octanol–water partition coefficient (Wildman–Crippen LogP) is 4.43. The average molecular weight is 359 g/mol. The lowest BCUT2D eigenvalue weighted by molar-refractivity contribution is -0.265. The Morgan fingerprint density at radius 3 is 2.76 bits per heavy atom. The van der Waals surface area contributed by atoms with Crippen molar-refractivity contribution in [1.29, 1.82) is 0 Å². The van der Waals surface area contributed by atoms with Gasteiger partial charge in [0.2, 0.25) is 5.60 Å². The Kier molecular flexibility index (Phi) is 6.32. The van der Waals surface area contributed by atoms with E-state index in [1.165, 1.54) is 0 Å². The first-order valence-corrected chi connectivity index (χ1v) is 8.50. The van der Waals surface area contributed by atoms with Gasteiger partial charge in [-0.05, 0) is 38.3 Å². The summed E-state index contributed by atoms with van der Waals surface area (Å²) in [6.07, 6.45) is -0.936. The molecule has 0 aliphatic carbocycles. The van der Waals surface area contributed by atoms with Gasteiger partial charge in [0.25, 0.3) is 5.91 Å². The summed E-state index contributed by atoms with van der Waals surface area (Å²) in [5.41, 5.74) is -2.22. The molecule has 0 aromatic carbocycles. The molecule has 1 aliphatic rings. The minimum Gasteiger partial charge on any atom is -0.465 e. The van der Waals surface area contributed by atoms with Crippen LogP contribution in [-0.2, 0) is 16.1 Å². The molecule has 140 valence electrons. The highest BCUT2D eigenvalue weighted by molar-refractivity contribution is 5.86. The molecule has 1 aromatic rings. The molecule has 1 unspecified atom stereocenters. The highest BCUT2D eigenvalue weighted by Crippen LogP contribution is 2.41. The van der Waals surface area contributed by atoms with Gasteiger partial charge in [0.05, 0.1) is 6.54 Å². The van der Waals surface area contributed by atoms with Crippen molar-refractivity contribution in [2.75, 3.05) is 6.61 Å². The molecule has 0 radical (unpaired) electrons. The van der Waals surface area contributed by atoms with Gasteiger partial charge in [-0.1, -0.05) is 25.0 Å². The molecule has 2 rings (SSSR count). The molecule has 1 N–H and O–H groups in total. The summed E-state index contributed by atoms with van der Waals surface area (Å²) in [5.74, 6) is -0.137. The van der Waals surface area contributed by atoms with Crippen molar-refractivity contribution in [1.82, 2.24) is 5.32 Å². The number of rotatable bonds is 5. The van der Waals surface area contributed by atoms with Crippen LogP contribution in [-0.4, -0.2) is 24.3 Å². The van der Waals surface area contributed by atoms with Crippen LogP contribution in [0.1, 0.15) is 50.5 Å². The van der Waals surface area contributed by atoms with Crippen LogP contribution < -0.4 is 5.32 Å². The quantitative estimate of drug-likeness (QED) is 0.791. The molecule has 1 saturated heterocycles. The summed E-state index contributed by atoms with van der Waals surface area (Å²) >= 11 is 0.